The first-order valence-corrected chi connectivity index (χ1v) is 15.2. The van der Waals surface area contributed by atoms with E-state index < -0.39 is 65.7 Å². The molecule has 15 heteroatoms. The molecule has 0 aliphatic heterocycles. The minimum absolute atomic E-state index is 0.0717. The standard InChI is InChI=1S/C32H43N7O8/c1-19(2)27(30(43)34-24(31(44)46-7)17-26(40)47-32(3,4)5)35-29(42)23(15-16-25-36-37-38-39(25)18-45-6)33-28(41)22-14-10-12-20-11-8-9-13-21(20)22/h8-14,19,23-24,27H,15-18H2,1-7H3,(H,33,41)(H,34,43)(H,35,42)/t23-,24-,27-/m0/s1. The SMILES string of the molecule is COCn1nnnc1CC[C@H](NC(=O)c1cccc2ccccc12)C(=O)N[C@H](C(=O)N[C@@H](CC(=O)OC(C)(C)C)C(=O)OC)C(C)C. The zero-order valence-electron chi connectivity index (χ0n) is 27.7. The van der Waals surface area contributed by atoms with Crippen LogP contribution in [0.25, 0.3) is 10.8 Å². The van der Waals surface area contributed by atoms with Gasteiger partial charge in [0.25, 0.3) is 5.91 Å². The number of rotatable bonds is 15. The molecule has 0 fully saturated rings. The third-order valence-electron chi connectivity index (χ3n) is 7.01. The van der Waals surface area contributed by atoms with Gasteiger partial charge in [-0.3, -0.25) is 19.2 Å². The van der Waals surface area contributed by atoms with Crippen LogP contribution in [0.2, 0.25) is 0 Å². The van der Waals surface area contributed by atoms with Gasteiger partial charge < -0.3 is 30.2 Å². The number of hydrogen-bond acceptors (Lipinski definition) is 11. The van der Waals surface area contributed by atoms with Gasteiger partial charge in [0.1, 0.15) is 30.5 Å². The van der Waals surface area contributed by atoms with Crippen LogP contribution in [-0.4, -0.2) is 87.8 Å². The highest BCUT2D eigenvalue weighted by Gasteiger charge is 2.34. The number of benzene rings is 2. The zero-order valence-corrected chi connectivity index (χ0v) is 27.7. The molecule has 47 heavy (non-hydrogen) atoms. The fourth-order valence-corrected chi connectivity index (χ4v) is 4.76. The van der Waals surface area contributed by atoms with Gasteiger partial charge in [0, 0.05) is 19.1 Å². The molecular weight excluding hydrogens is 610 g/mol. The highest BCUT2D eigenvalue weighted by molar-refractivity contribution is 6.08. The second-order valence-corrected chi connectivity index (χ2v) is 12.2. The van der Waals surface area contributed by atoms with E-state index in [1.807, 2.05) is 30.3 Å². The molecule has 0 aliphatic carbocycles. The molecule has 3 rings (SSSR count). The van der Waals surface area contributed by atoms with Crippen LogP contribution in [0.1, 0.15) is 63.6 Å². The molecule has 15 nitrogen and oxygen atoms in total. The highest BCUT2D eigenvalue weighted by Crippen LogP contribution is 2.19. The smallest absolute Gasteiger partial charge is 0.328 e. The lowest BCUT2D eigenvalue weighted by Crippen LogP contribution is -2.57. The number of tetrazole rings is 1. The van der Waals surface area contributed by atoms with Gasteiger partial charge in [-0.1, -0.05) is 50.2 Å². The van der Waals surface area contributed by atoms with E-state index in [9.17, 15) is 24.0 Å². The van der Waals surface area contributed by atoms with E-state index in [4.69, 9.17) is 14.2 Å². The molecule has 3 amide bonds. The Hall–Kier alpha value is -4.92. The second-order valence-electron chi connectivity index (χ2n) is 12.2. The minimum atomic E-state index is -1.36. The molecule has 3 atom stereocenters. The van der Waals surface area contributed by atoms with E-state index in [1.165, 1.54) is 11.8 Å². The summed E-state index contributed by atoms with van der Waals surface area (Å²) in [5, 5.41) is 21.1. The maximum absolute atomic E-state index is 13.8. The van der Waals surface area contributed by atoms with Crippen LogP contribution in [-0.2, 0) is 46.5 Å². The van der Waals surface area contributed by atoms with E-state index in [0.29, 0.717) is 16.8 Å². The summed E-state index contributed by atoms with van der Waals surface area (Å²) in [7, 11) is 2.62. The number of carbonyl (C=O) groups is 5. The van der Waals surface area contributed by atoms with Crippen molar-refractivity contribution >= 4 is 40.4 Å². The Kier molecular flexibility index (Phi) is 12.9. The number of fused-ring (bicyclic) bond motifs is 1. The largest absolute Gasteiger partial charge is 0.467 e. The van der Waals surface area contributed by atoms with Crippen LogP contribution in [0.3, 0.4) is 0 Å². The van der Waals surface area contributed by atoms with Crippen molar-refractivity contribution in [2.24, 2.45) is 5.92 Å². The number of amides is 3. The van der Waals surface area contributed by atoms with Crippen molar-refractivity contribution in [2.75, 3.05) is 14.2 Å². The van der Waals surface area contributed by atoms with Gasteiger partial charge in [0.15, 0.2) is 5.82 Å². The maximum atomic E-state index is 13.8. The Balaban J connectivity index is 1.84. The van der Waals surface area contributed by atoms with Gasteiger partial charge in [0.2, 0.25) is 11.8 Å². The summed E-state index contributed by atoms with van der Waals surface area (Å²) in [5.74, 6) is -3.48. The summed E-state index contributed by atoms with van der Waals surface area (Å²) in [6, 6.07) is 9.02. The Bertz CT molecular complexity index is 1560. The second kappa shape index (κ2) is 16.6. The summed E-state index contributed by atoms with van der Waals surface area (Å²) >= 11 is 0. The minimum Gasteiger partial charge on any atom is -0.467 e. The molecule has 0 aliphatic rings. The van der Waals surface area contributed by atoms with Gasteiger partial charge in [-0.2, -0.15) is 0 Å². The molecule has 0 radical (unpaired) electrons. The molecule has 0 spiro atoms. The molecule has 254 valence electrons. The third kappa shape index (κ3) is 10.6. The van der Waals surface area contributed by atoms with Crippen LogP contribution in [0.5, 0.6) is 0 Å². The first-order chi connectivity index (χ1) is 22.2. The molecule has 3 aromatic rings. The maximum Gasteiger partial charge on any atom is 0.328 e. The number of ether oxygens (including phenoxy) is 3. The first-order valence-electron chi connectivity index (χ1n) is 15.2. The van der Waals surface area contributed by atoms with Crippen molar-refractivity contribution in [1.29, 1.82) is 0 Å². The van der Waals surface area contributed by atoms with Crippen molar-refractivity contribution < 1.29 is 38.2 Å². The Morgan fingerprint density at radius 2 is 1.60 bits per heavy atom. The van der Waals surface area contributed by atoms with Crippen molar-refractivity contribution in [3.05, 3.63) is 53.9 Å². The molecule has 0 saturated carbocycles. The number of hydrogen-bond donors (Lipinski definition) is 3. The van der Waals surface area contributed by atoms with E-state index in [1.54, 1.807) is 46.8 Å². The van der Waals surface area contributed by atoms with Crippen LogP contribution in [0.15, 0.2) is 42.5 Å². The number of esters is 2. The normalized spacial score (nSPS) is 13.4. The predicted octanol–water partition coefficient (Wildman–Crippen LogP) is 1.69. The Labute approximate surface area is 273 Å². The fourth-order valence-electron chi connectivity index (χ4n) is 4.76. The molecule has 0 bridgehead atoms. The average molecular weight is 654 g/mol. The fraction of sp³-hybridized carbons (Fsp3) is 0.500. The summed E-state index contributed by atoms with van der Waals surface area (Å²) < 4.78 is 16.6. The van der Waals surface area contributed by atoms with Gasteiger partial charge in [-0.15, -0.1) is 5.10 Å². The summed E-state index contributed by atoms with van der Waals surface area (Å²) in [4.78, 5) is 65.8. The van der Waals surface area contributed by atoms with Gasteiger partial charge in [-0.25, -0.2) is 9.48 Å². The highest BCUT2D eigenvalue weighted by atomic mass is 16.6. The number of methoxy groups -OCH3 is 2. The van der Waals surface area contributed by atoms with Crippen molar-refractivity contribution in [2.45, 2.75) is 84.3 Å². The lowest BCUT2D eigenvalue weighted by Gasteiger charge is -2.27. The molecule has 0 saturated heterocycles. The van der Waals surface area contributed by atoms with Gasteiger partial charge in [0.05, 0.1) is 13.5 Å². The molecule has 1 aromatic heterocycles. The summed E-state index contributed by atoms with van der Waals surface area (Å²) in [5.41, 5.74) is -0.444. The van der Waals surface area contributed by atoms with E-state index >= 15 is 0 Å². The van der Waals surface area contributed by atoms with Crippen LogP contribution in [0, 0.1) is 5.92 Å². The number of nitrogens with one attached hydrogen (secondary N) is 3. The molecule has 0 unspecified atom stereocenters. The zero-order chi connectivity index (χ0) is 34.7. The predicted molar refractivity (Wildman–Crippen MR) is 170 cm³/mol. The van der Waals surface area contributed by atoms with Crippen molar-refractivity contribution in [3.63, 3.8) is 0 Å². The summed E-state index contributed by atoms with van der Waals surface area (Å²) in [6.45, 7) is 8.52. The first kappa shape index (κ1) is 36.5. The number of carbonyl (C=O) groups excluding carboxylic acids is 5. The van der Waals surface area contributed by atoms with Crippen molar-refractivity contribution in [1.82, 2.24) is 36.2 Å². The van der Waals surface area contributed by atoms with Gasteiger partial charge in [-0.05, 0) is 60.4 Å². The number of aromatic nitrogens is 4. The topological polar surface area (TPSA) is 193 Å². The third-order valence-corrected chi connectivity index (χ3v) is 7.01. The van der Waals surface area contributed by atoms with E-state index in [-0.39, 0.29) is 19.6 Å². The monoisotopic (exact) mass is 653 g/mol. The molecule has 1 heterocycles. The van der Waals surface area contributed by atoms with Crippen LogP contribution >= 0.6 is 0 Å². The van der Waals surface area contributed by atoms with E-state index in [0.717, 1.165) is 12.5 Å². The van der Waals surface area contributed by atoms with Crippen molar-refractivity contribution in [3.8, 4) is 0 Å². The summed E-state index contributed by atoms with van der Waals surface area (Å²) in [6.07, 6.45) is -0.222. The molecular formula is C32H43N7O8. The Morgan fingerprint density at radius 3 is 2.26 bits per heavy atom. The van der Waals surface area contributed by atoms with Crippen LogP contribution < -0.4 is 16.0 Å². The lowest BCUT2D eigenvalue weighted by molar-refractivity contribution is -0.159. The quantitative estimate of drug-likeness (QED) is 0.202. The Morgan fingerprint density at radius 1 is 0.894 bits per heavy atom. The molecule has 3 N–H and O–H groups in total. The number of nitrogens with zero attached hydrogens (tertiary/aromatic N) is 4. The molecule has 2 aromatic carbocycles. The van der Waals surface area contributed by atoms with Gasteiger partial charge >= 0.3 is 11.9 Å². The van der Waals surface area contributed by atoms with E-state index in [2.05, 4.69) is 31.5 Å². The average Bonchev–Trinajstić information content (AvgIpc) is 3.46. The van der Waals surface area contributed by atoms with Crippen LogP contribution in [0.4, 0.5) is 0 Å². The number of aryl methyl sites for hydroxylation is 1. The lowest BCUT2D eigenvalue weighted by atomic mass is 10.0.